The van der Waals surface area contributed by atoms with Crippen LogP contribution in [0.15, 0.2) is 4.99 Å². The van der Waals surface area contributed by atoms with Gasteiger partial charge in [-0.3, -0.25) is 4.99 Å². The molecule has 0 aromatic carbocycles. The van der Waals surface area contributed by atoms with Gasteiger partial charge in [-0.15, -0.1) is 0 Å². The van der Waals surface area contributed by atoms with Crippen LogP contribution >= 0.6 is 0 Å². The summed E-state index contributed by atoms with van der Waals surface area (Å²) < 4.78 is 66.1. The van der Waals surface area contributed by atoms with Gasteiger partial charge in [-0.25, -0.2) is 8.42 Å². The number of ether oxygens (including phenoxy) is 1. The van der Waals surface area contributed by atoms with Gasteiger partial charge in [0.2, 0.25) is 0 Å². The number of halogens is 3. The molecule has 1 aliphatic heterocycles. The van der Waals surface area contributed by atoms with Crippen LogP contribution in [0.5, 0.6) is 0 Å². The van der Waals surface area contributed by atoms with Crippen molar-refractivity contribution < 1.29 is 26.3 Å². The molecule has 1 fully saturated rings. The number of hydrogen-bond donors (Lipinski definition) is 2. The highest BCUT2D eigenvalue weighted by Crippen LogP contribution is 2.30. The van der Waals surface area contributed by atoms with Gasteiger partial charge in [0.05, 0.1) is 6.61 Å². The molecule has 1 saturated heterocycles. The smallest absolute Gasteiger partial charge is 0.383 e. The Morgan fingerprint density at radius 3 is 2.41 bits per heavy atom. The maximum Gasteiger partial charge on any atom is 0.511 e. The molecule has 12 heteroatoms. The summed E-state index contributed by atoms with van der Waals surface area (Å²) in [5, 5.41) is 6.32. The first-order chi connectivity index (χ1) is 12.6. The number of likely N-dealkylation sites (N-methyl/N-ethyl adjacent to an activating group) is 1. The van der Waals surface area contributed by atoms with E-state index in [1.54, 1.807) is 14.2 Å². The highest BCUT2D eigenvalue weighted by atomic mass is 32.2. The molecule has 0 amide bonds. The number of aliphatic imine (C=N–C) groups is 1. The van der Waals surface area contributed by atoms with Crippen LogP contribution in [-0.4, -0.2) is 96.2 Å². The summed E-state index contributed by atoms with van der Waals surface area (Å²) in [6, 6.07) is 0. The average molecular weight is 417 g/mol. The first-order valence-electron chi connectivity index (χ1n) is 8.80. The fourth-order valence-electron chi connectivity index (χ4n) is 2.69. The van der Waals surface area contributed by atoms with Gasteiger partial charge in [-0.1, -0.05) is 0 Å². The van der Waals surface area contributed by atoms with E-state index in [1.165, 1.54) is 0 Å². The SMILES string of the molecule is CN=C(NCCN(C)CCOC)NCC1CCN(S(=O)(=O)C(F)(F)F)CC1. The lowest BCUT2D eigenvalue weighted by molar-refractivity contribution is -0.0496. The zero-order valence-corrected chi connectivity index (χ0v) is 16.9. The highest BCUT2D eigenvalue weighted by molar-refractivity contribution is 7.90. The lowest BCUT2D eigenvalue weighted by Crippen LogP contribution is -2.47. The largest absolute Gasteiger partial charge is 0.511 e. The van der Waals surface area contributed by atoms with Crippen LogP contribution in [0.2, 0.25) is 0 Å². The molecule has 1 rings (SSSR count). The van der Waals surface area contributed by atoms with Crippen LogP contribution in [-0.2, 0) is 14.8 Å². The van der Waals surface area contributed by atoms with Crippen LogP contribution in [0.1, 0.15) is 12.8 Å². The maximum atomic E-state index is 12.6. The molecular weight excluding hydrogens is 387 g/mol. The Kier molecular flexibility index (Phi) is 9.77. The zero-order chi connectivity index (χ0) is 20.5. The van der Waals surface area contributed by atoms with Gasteiger partial charge in [0.25, 0.3) is 0 Å². The van der Waals surface area contributed by atoms with Crippen molar-refractivity contribution in [1.29, 1.82) is 0 Å². The molecule has 0 unspecified atom stereocenters. The number of nitrogens with one attached hydrogen (secondary N) is 2. The van der Waals surface area contributed by atoms with E-state index >= 15 is 0 Å². The quantitative estimate of drug-likeness (QED) is 0.414. The Bertz CT molecular complexity index is 564. The highest BCUT2D eigenvalue weighted by Gasteiger charge is 2.50. The van der Waals surface area contributed by atoms with E-state index in [0.29, 0.717) is 42.8 Å². The average Bonchev–Trinajstić information content (AvgIpc) is 2.62. The fraction of sp³-hybridized carbons (Fsp3) is 0.933. The van der Waals surface area contributed by atoms with E-state index in [9.17, 15) is 21.6 Å². The predicted octanol–water partition coefficient (Wildman–Crippen LogP) is 0.291. The Morgan fingerprint density at radius 2 is 1.89 bits per heavy atom. The number of nitrogens with zero attached hydrogens (tertiary/aromatic N) is 3. The van der Waals surface area contributed by atoms with Crippen LogP contribution in [0.4, 0.5) is 13.2 Å². The third-order valence-electron chi connectivity index (χ3n) is 4.45. The second-order valence-corrected chi connectivity index (χ2v) is 8.40. The van der Waals surface area contributed by atoms with E-state index in [0.717, 1.165) is 13.1 Å². The molecule has 0 aliphatic carbocycles. The third-order valence-corrected chi connectivity index (χ3v) is 6.08. The van der Waals surface area contributed by atoms with Crippen molar-refractivity contribution in [2.45, 2.75) is 18.3 Å². The van der Waals surface area contributed by atoms with Crippen molar-refractivity contribution in [3.63, 3.8) is 0 Å². The summed E-state index contributed by atoms with van der Waals surface area (Å²) >= 11 is 0. The van der Waals surface area contributed by atoms with Gasteiger partial charge >= 0.3 is 15.5 Å². The zero-order valence-electron chi connectivity index (χ0n) is 16.0. The molecule has 27 heavy (non-hydrogen) atoms. The number of piperidine rings is 1. The molecule has 0 saturated carbocycles. The van der Waals surface area contributed by atoms with Crippen LogP contribution < -0.4 is 10.6 Å². The van der Waals surface area contributed by atoms with E-state index in [4.69, 9.17) is 4.74 Å². The summed E-state index contributed by atoms with van der Waals surface area (Å²) in [6.45, 7) is 3.25. The lowest BCUT2D eigenvalue weighted by Gasteiger charge is -2.31. The third kappa shape index (κ3) is 7.80. The van der Waals surface area contributed by atoms with Crippen LogP contribution in [0.3, 0.4) is 0 Å². The van der Waals surface area contributed by atoms with E-state index in [2.05, 4.69) is 20.5 Å². The van der Waals surface area contributed by atoms with Gasteiger partial charge in [0.15, 0.2) is 5.96 Å². The Morgan fingerprint density at radius 1 is 1.26 bits per heavy atom. The standard InChI is InChI=1S/C15H30F3N5O3S/c1-19-14(20-6-9-22(2)10-11-26-3)21-12-13-4-7-23(8-5-13)27(24,25)15(16,17)18/h13H,4-12H2,1-3H3,(H2,19,20,21). The molecule has 0 atom stereocenters. The van der Waals surface area contributed by atoms with Crippen LogP contribution in [0.25, 0.3) is 0 Å². The Balaban J connectivity index is 2.32. The second kappa shape index (κ2) is 11.0. The number of alkyl halides is 3. The van der Waals surface area contributed by atoms with E-state index in [-0.39, 0.29) is 19.0 Å². The normalized spacial score (nSPS) is 18.1. The summed E-state index contributed by atoms with van der Waals surface area (Å²) in [5.41, 5.74) is -5.24. The van der Waals surface area contributed by atoms with Gasteiger partial charge in [-0.05, 0) is 25.8 Å². The first-order valence-corrected chi connectivity index (χ1v) is 10.2. The summed E-state index contributed by atoms with van der Waals surface area (Å²) in [5.74, 6) is 0.702. The van der Waals surface area contributed by atoms with Crippen molar-refractivity contribution in [2.24, 2.45) is 10.9 Å². The molecule has 0 aromatic rings. The van der Waals surface area contributed by atoms with Crippen molar-refractivity contribution in [2.75, 3.05) is 67.1 Å². The molecule has 0 radical (unpaired) electrons. The van der Waals surface area contributed by atoms with Gasteiger partial charge < -0.3 is 20.3 Å². The van der Waals surface area contributed by atoms with Gasteiger partial charge in [-0.2, -0.15) is 17.5 Å². The Labute approximate surface area is 159 Å². The van der Waals surface area contributed by atoms with Crippen molar-refractivity contribution >= 4 is 16.0 Å². The minimum Gasteiger partial charge on any atom is -0.383 e. The Hall–Kier alpha value is -1.11. The molecule has 160 valence electrons. The van der Waals surface area contributed by atoms with Crippen LogP contribution in [0, 0.1) is 5.92 Å². The van der Waals surface area contributed by atoms with E-state index in [1.807, 2.05) is 7.05 Å². The summed E-state index contributed by atoms with van der Waals surface area (Å²) in [6.07, 6.45) is 0.748. The number of sulfonamides is 1. The molecule has 1 aliphatic rings. The first kappa shape index (κ1) is 23.9. The van der Waals surface area contributed by atoms with Gasteiger partial charge in [0.1, 0.15) is 0 Å². The topological polar surface area (TPSA) is 86.3 Å². The maximum absolute atomic E-state index is 12.6. The lowest BCUT2D eigenvalue weighted by atomic mass is 9.98. The molecular formula is C15H30F3N5O3S. The fourth-order valence-corrected chi connectivity index (χ4v) is 3.67. The number of methoxy groups -OCH3 is 1. The molecule has 1 heterocycles. The number of hydrogen-bond acceptors (Lipinski definition) is 5. The summed E-state index contributed by atoms with van der Waals surface area (Å²) in [7, 11) is 0.0582. The molecule has 0 bridgehead atoms. The minimum atomic E-state index is -5.24. The van der Waals surface area contributed by atoms with Crippen molar-refractivity contribution in [1.82, 2.24) is 19.8 Å². The van der Waals surface area contributed by atoms with Crippen molar-refractivity contribution in [3.05, 3.63) is 0 Å². The monoisotopic (exact) mass is 417 g/mol. The predicted molar refractivity (Wildman–Crippen MR) is 98.0 cm³/mol. The molecule has 2 N–H and O–H groups in total. The van der Waals surface area contributed by atoms with Crippen molar-refractivity contribution in [3.8, 4) is 0 Å². The second-order valence-electron chi connectivity index (χ2n) is 6.47. The molecule has 8 nitrogen and oxygen atoms in total. The molecule has 0 aromatic heterocycles. The summed E-state index contributed by atoms with van der Waals surface area (Å²) in [4.78, 5) is 6.23. The minimum absolute atomic E-state index is 0.0904. The van der Waals surface area contributed by atoms with Gasteiger partial charge in [0, 0.05) is 53.4 Å². The molecule has 0 spiro atoms. The van der Waals surface area contributed by atoms with E-state index < -0.39 is 15.5 Å². The number of rotatable bonds is 9. The number of guanidine groups is 1.